The molecular formula is C10H16O. The summed E-state index contributed by atoms with van der Waals surface area (Å²) in [6, 6.07) is 0. The minimum atomic E-state index is 0.670. The summed E-state index contributed by atoms with van der Waals surface area (Å²) < 4.78 is 0. The zero-order valence-corrected chi connectivity index (χ0v) is 6.96. The first-order chi connectivity index (χ1) is 5.36. The molecule has 1 heteroatoms. The van der Waals surface area contributed by atoms with E-state index in [9.17, 15) is 4.79 Å². The van der Waals surface area contributed by atoms with E-state index in [1.54, 1.807) is 0 Å². The highest BCUT2D eigenvalue weighted by atomic mass is 16.1. The summed E-state index contributed by atoms with van der Waals surface area (Å²) >= 11 is 0. The van der Waals surface area contributed by atoms with Gasteiger partial charge in [-0.2, -0.15) is 0 Å². The fourth-order valence-corrected chi connectivity index (χ4v) is 1.80. The molecule has 0 aromatic heterocycles. The summed E-state index contributed by atoms with van der Waals surface area (Å²) in [5.41, 5.74) is 0. The molecule has 1 saturated carbocycles. The van der Waals surface area contributed by atoms with E-state index in [0.717, 1.165) is 18.6 Å². The lowest BCUT2D eigenvalue weighted by Crippen LogP contribution is -2.12. The molecule has 0 amide bonds. The summed E-state index contributed by atoms with van der Waals surface area (Å²) in [4.78, 5) is 10.2. The fourth-order valence-electron chi connectivity index (χ4n) is 1.80. The zero-order chi connectivity index (χ0) is 8.10. The largest absolute Gasteiger partial charge is 0.303 e. The van der Waals surface area contributed by atoms with Crippen LogP contribution in [0.15, 0.2) is 12.7 Å². The van der Waals surface area contributed by atoms with E-state index in [1.165, 1.54) is 25.7 Å². The molecular weight excluding hydrogens is 136 g/mol. The minimum absolute atomic E-state index is 0.670. The number of hydrogen-bond acceptors (Lipinski definition) is 1. The predicted molar refractivity (Wildman–Crippen MR) is 46.3 cm³/mol. The highest BCUT2D eigenvalue weighted by Gasteiger charge is 2.18. The molecule has 11 heavy (non-hydrogen) atoms. The van der Waals surface area contributed by atoms with Gasteiger partial charge < -0.3 is 4.79 Å². The summed E-state index contributed by atoms with van der Waals surface area (Å²) in [5, 5.41) is 0. The van der Waals surface area contributed by atoms with Crippen molar-refractivity contribution in [1.82, 2.24) is 0 Å². The zero-order valence-electron chi connectivity index (χ0n) is 6.96. The monoisotopic (exact) mass is 152 g/mol. The van der Waals surface area contributed by atoms with E-state index >= 15 is 0 Å². The molecule has 0 bridgehead atoms. The van der Waals surface area contributed by atoms with E-state index in [4.69, 9.17) is 0 Å². The standard InChI is InChI=1S/C10H16O/c1-2-9-3-5-10(6-4-9)7-8-11/h2,8-10H,1,3-7H2. The predicted octanol–water partition coefficient (Wildman–Crippen LogP) is 2.57. The van der Waals surface area contributed by atoms with E-state index < -0.39 is 0 Å². The van der Waals surface area contributed by atoms with Crippen molar-refractivity contribution in [2.75, 3.05) is 0 Å². The van der Waals surface area contributed by atoms with Gasteiger partial charge in [0.15, 0.2) is 0 Å². The quantitative estimate of drug-likeness (QED) is 0.448. The molecule has 0 saturated heterocycles. The van der Waals surface area contributed by atoms with E-state index in [-0.39, 0.29) is 0 Å². The second kappa shape index (κ2) is 4.32. The first kappa shape index (κ1) is 8.51. The van der Waals surface area contributed by atoms with Gasteiger partial charge in [0.25, 0.3) is 0 Å². The van der Waals surface area contributed by atoms with Gasteiger partial charge in [0.05, 0.1) is 0 Å². The molecule has 1 fully saturated rings. The molecule has 0 N–H and O–H groups in total. The Bertz CT molecular complexity index is 132. The number of allylic oxidation sites excluding steroid dienone is 1. The van der Waals surface area contributed by atoms with Crippen LogP contribution in [0.3, 0.4) is 0 Å². The second-order valence-electron chi connectivity index (χ2n) is 3.42. The maximum atomic E-state index is 10.2. The van der Waals surface area contributed by atoms with Crippen LogP contribution in [0.2, 0.25) is 0 Å². The molecule has 0 aromatic rings. The van der Waals surface area contributed by atoms with Gasteiger partial charge in [-0.05, 0) is 37.5 Å². The van der Waals surface area contributed by atoms with Crippen molar-refractivity contribution in [3.05, 3.63) is 12.7 Å². The number of carbonyl (C=O) groups is 1. The summed E-state index contributed by atoms with van der Waals surface area (Å²) in [7, 11) is 0. The number of rotatable bonds is 3. The van der Waals surface area contributed by atoms with Gasteiger partial charge in [-0.1, -0.05) is 6.08 Å². The Kier molecular flexibility index (Phi) is 3.34. The highest BCUT2D eigenvalue weighted by molar-refractivity contribution is 5.49. The Morgan fingerprint density at radius 2 is 1.91 bits per heavy atom. The molecule has 0 atom stereocenters. The Morgan fingerprint density at radius 3 is 2.36 bits per heavy atom. The topological polar surface area (TPSA) is 17.1 Å². The van der Waals surface area contributed by atoms with Gasteiger partial charge >= 0.3 is 0 Å². The molecule has 1 nitrogen and oxygen atoms in total. The van der Waals surface area contributed by atoms with E-state index in [1.807, 2.05) is 0 Å². The van der Waals surface area contributed by atoms with E-state index in [0.29, 0.717) is 5.92 Å². The molecule has 0 aromatic carbocycles. The SMILES string of the molecule is C=CC1CCC(CC=O)CC1. The molecule has 0 spiro atoms. The lowest BCUT2D eigenvalue weighted by Gasteiger charge is -2.24. The minimum Gasteiger partial charge on any atom is -0.303 e. The maximum absolute atomic E-state index is 10.2. The van der Waals surface area contributed by atoms with Crippen LogP contribution in [-0.4, -0.2) is 6.29 Å². The van der Waals surface area contributed by atoms with Gasteiger partial charge in [0.2, 0.25) is 0 Å². The van der Waals surface area contributed by atoms with Crippen LogP contribution in [0.5, 0.6) is 0 Å². The van der Waals surface area contributed by atoms with Gasteiger partial charge in [-0.3, -0.25) is 0 Å². The van der Waals surface area contributed by atoms with Crippen LogP contribution in [0.25, 0.3) is 0 Å². The van der Waals surface area contributed by atoms with Gasteiger partial charge in [-0.15, -0.1) is 6.58 Å². The van der Waals surface area contributed by atoms with Crippen LogP contribution >= 0.6 is 0 Å². The second-order valence-corrected chi connectivity index (χ2v) is 3.42. The van der Waals surface area contributed by atoms with E-state index in [2.05, 4.69) is 12.7 Å². The third-order valence-corrected chi connectivity index (χ3v) is 2.65. The third-order valence-electron chi connectivity index (χ3n) is 2.65. The lowest BCUT2D eigenvalue weighted by molar-refractivity contribution is -0.108. The maximum Gasteiger partial charge on any atom is 0.120 e. The fraction of sp³-hybridized carbons (Fsp3) is 0.700. The average molecular weight is 152 g/mol. The van der Waals surface area contributed by atoms with Gasteiger partial charge in [0, 0.05) is 6.42 Å². The number of carbonyl (C=O) groups excluding carboxylic acids is 1. The molecule has 0 unspecified atom stereocenters. The van der Waals surface area contributed by atoms with Crippen molar-refractivity contribution in [2.24, 2.45) is 11.8 Å². The summed E-state index contributed by atoms with van der Waals surface area (Å²) in [5.74, 6) is 1.39. The average Bonchev–Trinajstić information content (AvgIpc) is 2.07. The van der Waals surface area contributed by atoms with Crippen LogP contribution in [-0.2, 0) is 4.79 Å². The smallest absolute Gasteiger partial charge is 0.120 e. The molecule has 62 valence electrons. The summed E-state index contributed by atoms with van der Waals surface area (Å²) in [6.07, 6.45) is 8.79. The molecule has 0 heterocycles. The first-order valence-corrected chi connectivity index (χ1v) is 4.43. The van der Waals surface area contributed by atoms with Crippen molar-refractivity contribution >= 4 is 6.29 Å². The van der Waals surface area contributed by atoms with Crippen LogP contribution < -0.4 is 0 Å². The summed E-state index contributed by atoms with van der Waals surface area (Å²) in [6.45, 7) is 3.79. The molecule has 1 aliphatic rings. The highest BCUT2D eigenvalue weighted by Crippen LogP contribution is 2.30. The Balaban J connectivity index is 2.23. The molecule has 1 rings (SSSR count). The molecule has 0 aliphatic heterocycles. The number of aldehydes is 1. The Morgan fingerprint density at radius 1 is 1.27 bits per heavy atom. The third kappa shape index (κ3) is 2.49. The number of hydrogen-bond donors (Lipinski definition) is 0. The van der Waals surface area contributed by atoms with Gasteiger partial charge in [0.1, 0.15) is 6.29 Å². The molecule has 1 aliphatic carbocycles. The first-order valence-electron chi connectivity index (χ1n) is 4.43. The Labute approximate surface area is 68.5 Å². The van der Waals surface area contributed by atoms with Crippen LogP contribution in [0.1, 0.15) is 32.1 Å². The van der Waals surface area contributed by atoms with Crippen molar-refractivity contribution in [2.45, 2.75) is 32.1 Å². The van der Waals surface area contributed by atoms with Crippen molar-refractivity contribution in [3.8, 4) is 0 Å². The van der Waals surface area contributed by atoms with Crippen molar-refractivity contribution in [1.29, 1.82) is 0 Å². The normalized spacial score (nSPS) is 31.3. The Hall–Kier alpha value is -0.590. The van der Waals surface area contributed by atoms with Crippen molar-refractivity contribution < 1.29 is 4.79 Å². The lowest BCUT2D eigenvalue weighted by atomic mass is 9.81. The van der Waals surface area contributed by atoms with Crippen LogP contribution in [0.4, 0.5) is 0 Å². The van der Waals surface area contributed by atoms with Crippen molar-refractivity contribution in [3.63, 3.8) is 0 Å². The van der Waals surface area contributed by atoms with Crippen LogP contribution in [0, 0.1) is 11.8 Å². The van der Waals surface area contributed by atoms with Gasteiger partial charge in [-0.25, -0.2) is 0 Å². The molecule has 0 radical (unpaired) electrons.